The molecule has 5 nitrogen and oxygen atoms in total. The molecule has 4 rings (SSSR count). The Kier molecular flexibility index (Phi) is 4.81. The molecular weight excluding hydrogens is 338 g/mol. The predicted molar refractivity (Wildman–Crippen MR) is 104 cm³/mol. The van der Waals surface area contributed by atoms with E-state index >= 15 is 0 Å². The highest BCUT2D eigenvalue weighted by Gasteiger charge is 2.50. The Labute approximate surface area is 161 Å². The zero-order valence-corrected chi connectivity index (χ0v) is 16.3. The van der Waals surface area contributed by atoms with Crippen molar-refractivity contribution in [2.75, 3.05) is 6.54 Å². The number of benzene rings is 1. The largest absolute Gasteiger partial charge is 0.385 e. The molecule has 1 N–H and O–H groups in total. The lowest BCUT2D eigenvalue weighted by Crippen LogP contribution is -2.59. The van der Waals surface area contributed by atoms with Crippen LogP contribution >= 0.6 is 0 Å². The second-order valence-corrected chi connectivity index (χ2v) is 7.98. The lowest BCUT2D eigenvalue weighted by atomic mass is 9.66. The van der Waals surface area contributed by atoms with Gasteiger partial charge in [0.1, 0.15) is 0 Å². The van der Waals surface area contributed by atoms with E-state index in [0.29, 0.717) is 18.7 Å². The molecule has 5 heteroatoms. The number of carbonyl (C=O) groups excluding carboxylic acids is 1. The average Bonchev–Trinajstić information content (AvgIpc) is 3.09. The summed E-state index contributed by atoms with van der Waals surface area (Å²) in [6.07, 6.45) is 4.72. The first-order valence-corrected chi connectivity index (χ1v) is 10.2. The number of carbonyl (C=O) groups is 1. The fourth-order valence-electron chi connectivity index (χ4n) is 5.10. The lowest BCUT2D eigenvalue weighted by molar-refractivity contribution is -0.110. The minimum absolute atomic E-state index is 0.0114. The van der Waals surface area contributed by atoms with E-state index in [-0.39, 0.29) is 17.9 Å². The van der Waals surface area contributed by atoms with Gasteiger partial charge in [0.2, 0.25) is 0 Å². The number of rotatable bonds is 3. The Hall–Kier alpha value is -2.14. The Balaban J connectivity index is 1.64. The monoisotopic (exact) mass is 367 g/mol. The van der Waals surface area contributed by atoms with E-state index in [9.17, 15) is 9.90 Å². The van der Waals surface area contributed by atoms with Crippen LogP contribution in [0.2, 0.25) is 0 Å². The summed E-state index contributed by atoms with van der Waals surface area (Å²) in [7, 11) is 0. The molecule has 0 spiro atoms. The summed E-state index contributed by atoms with van der Waals surface area (Å²) >= 11 is 0. The van der Waals surface area contributed by atoms with Crippen molar-refractivity contribution in [1.82, 2.24) is 14.7 Å². The molecule has 0 radical (unpaired) electrons. The van der Waals surface area contributed by atoms with E-state index < -0.39 is 5.60 Å². The maximum Gasteiger partial charge on any atom is 0.274 e. The van der Waals surface area contributed by atoms with Gasteiger partial charge in [0.05, 0.1) is 5.60 Å². The van der Waals surface area contributed by atoms with Crippen molar-refractivity contribution in [1.29, 1.82) is 0 Å². The maximum atomic E-state index is 13.3. The van der Waals surface area contributed by atoms with Crippen LogP contribution in [-0.4, -0.2) is 38.3 Å². The number of likely N-dealkylation sites (tertiary alicyclic amines) is 1. The van der Waals surface area contributed by atoms with E-state index in [2.05, 4.69) is 5.10 Å². The molecule has 2 heterocycles. The van der Waals surface area contributed by atoms with Crippen molar-refractivity contribution in [2.24, 2.45) is 5.92 Å². The summed E-state index contributed by atoms with van der Waals surface area (Å²) in [5, 5.41) is 16.1. The van der Waals surface area contributed by atoms with Crippen molar-refractivity contribution >= 4 is 5.91 Å². The van der Waals surface area contributed by atoms with Gasteiger partial charge in [-0.15, -0.1) is 0 Å². The van der Waals surface area contributed by atoms with Crippen LogP contribution in [0.15, 0.2) is 36.4 Å². The van der Waals surface area contributed by atoms with E-state index in [4.69, 9.17) is 0 Å². The summed E-state index contributed by atoms with van der Waals surface area (Å²) < 4.78 is 1.87. The number of fused-ring (bicyclic) bond motifs is 1. The molecular formula is C22H29N3O2. The molecule has 3 atom stereocenters. The summed E-state index contributed by atoms with van der Waals surface area (Å²) in [5.74, 6) is 0.0954. The van der Waals surface area contributed by atoms with Crippen molar-refractivity contribution in [3.63, 3.8) is 0 Å². The van der Waals surface area contributed by atoms with E-state index in [0.717, 1.165) is 43.5 Å². The fourth-order valence-corrected chi connectivity index (χ4v) is 5.10. The summed E-state index contributed by atoms with van der Waals surface area (Å²) in [6.45, 7) is 5.36. The second kappa shape index (κ2) is 7.12. The molecule has 2 aromatic rings. The molecule has 1 aliphatic carbocycles. The highest BCUT2D eigenvalue weighted by molar-refractivity contribution is 5.92. The van der Waals surface area contributed by atoms with Crippen LogP contribution in [-0.2, 0) is 12.1 Å². The van der Waals surface area contributed by atoms with Crippen LogP contribution in [0.4, 0.5) is 0 Å². The summed E-state index contributed by atoms with van der Waals surface area (Å²) in [6, 6.07) is 12.0. The second-order valence-electron chi connectivity index (χ2n) is 7.98. The van der Waals surface area contributed by atoms with Gasteiger partial charge < -0.3 is 10.0 Å². The van der Waals surface area contributed by atoms with Gasteiger partial charge in [-0.3, -0.25) is 9.48 Å². The molecule has 0 bridgehead atoms. The van der Waals surface area contributed by atoms with Gasteiger partial charge >= 0.3 is 0 Å². The van der Waals surface area contributed by atoms with E-state index in [1.54, 1.807) is 0 Å². The van der Waals surface area contributed by atoms with E-state index in [1.165, 1.54) is 0 Å². The van der Waals surface area contributed by atoms with Crippen molar-refractivity contribution < 1.29 is 9.90 Å². The number of amides is 1. The van der Waals surface area contributed by atoms with Crippen LogP contribution in [0.3, 0.4) is 0 Å². The first kappa shape index (κ1) is 18.2. The number of hydrogen-bond donors (Lipinski definition) is 1. The van der Waals surface area contributed by atoms with Crippen LogP contribution in [0.5, 0.6) is 0 Å². The Morgan fingerprint density at radius 1 is 1.26 bits per heavy atom. The van der Waals surface area contributed by atoms with Gasteiger partial charge in [-0.1, -0.05) is 43.2 Å². The van der Waals surface area contributed by atoms with E-state index in [1.807, 2.05) is 59.8 Å². The SMILES string of the molecule is CCn1nc(C(=O)N2CC[C@@](O)(c3ccccc3)[C@H]3CCCC[C@@H]32)cc1C. The zero-order chi connectivity index (χ0) is 19.0. The third kappa shape index (κ3) is 3.08. The maximum absolute atomic E-state index is 13.3. The molecule has 0 unspecified atom stereocenters. The summed E-state index contributed by atoms with van der Waals surface area (Å²) in [4.78, 5) is 15.2. The molecule has 1 saturated carbocycles. The predicted octanol–water partition coefficient (Wildman–Crippen LogP) is 3.50. The Morgan fingerprint density at radius 2 is 2.00 bits per heavy atom. The first-order chi connectivity index (χ1) is 13.0. The molecule has 27 heavy (non-hydrogen) atoms. The molecule has 1 aromatic heterocycles. The number of hydrogen-bond acceptors (Lipinski definition) is 3. The lowest BCUT2D eigenvalue weighted by Gasteiger charge is -2.52. The highest BCUT2D eigenvalue weighted by atomic mass is 16.3. The highest BCUT2D eigenvalue weighted by Crippen LogP contribution is 2.47. The van der Waals surface area contributed by atoms with Crippen LogP contribution in [0.1, 0.15) is 60.8 Å². The molecule has 2 fully saturated rings. The third-order valence-corrected chi connectivity index (χ3v) is 6.51. The van der Waals surface area contributed by atoms with Gasteiger partial charge in [0.15, 0.2) is 5.69 Å². The molecule has 1 amide bonds. The number of piperidine rings is 1. The van der Waals surface area contributed by atoms with Crippen molar-refractivity contribution in [3.05, 3.63) is 53.3 Å². The summed E-state index contributed by atoms with van der Waals surface area (Å²) in [5.41, 5.74) is 1.68. The fraction of sp³-hybridized carbons (Fsp3) is 0.545. The molecule has 1 saturated heterocycles. The normalized spacial score (nSPS) is 28.0. The molecule has 1 aromatic carbocycles. The quantitative estimate of drug-likeness (QED) is 0.903. The van der Waals surface area contributed by atoms with Gasteiger partial charge in [-0.2, -0.15) is 5.10 Å². The third-order valence-electron chi connectivity index (χ3n) is 6.51. The van der Waals surface area contributed by atoms with Crippen LogP contribution in [0, 0.1) is 12.8 Å². The number of nitrogens with zero attached hydrogens (tertiary/aromatic N) is 3. The Morgan fingerprint density at radius 3 is 2.70 bits per heavy atom. The van der Waals surface area contributed by atoms with Gasteiger partial charge in [0.25, 0.3) is 5.91 Å². The van der Waals surface area contributed by atoms with Gasteiger partial charge in [0, 0.05) is 30.7 Å². The zero-order valence-electron chi connectivity index (χ0n) is 16.3. The number of aromatic nitrogens is 2. The minimum Gasteiger partial charge on any atom is -0.385 e. The molecule has 2 aliphatic rings. The molecule has 144 valence electrons. The van der Waals surface area contributed by atoms with Crippen molar-refractivity contribution in [2.45, 2.75) is 64.1 Å². The van der Waals surface area contributed by atoms with Crippen LogP contribution in [0.25, 0.3) is 0 Å². The standard InChI is InChI=1S/C22H29N3O2/c1-3-25-16(2)15-19(23-25)21(26)24-14-13-22(27,17-9-5-4-6-10-17)18-11-7-8-12-20(18)24/h4-6,9-10,15,18,20,27H,3,7-8,11-14H2,1-2H3/t18-,20-,22+/m0/s1. The number of aliphatic hydroxyl groups is 1. The van der Waals surface area contributed by atoms with Crippen LogP contribution < -0.4 is 0 Å². The first-order valence-electron chi connectivity index (χ1n) is 10.2. The van der Waals surface area contributed by atoms with Gasteiger partial charge in [-0.05, 0) is 44.7 Å². The topological polar surface area (TPSA) is 58.4 Å². The molecule has 1 aliphatic heterocycles. The minimum atomic E-state index is -0.845. The smallest absolute Gasteiger partial charge is 0.274 e. The number of aryl methyl sites for hydroxylation is 2. The Bertz CT molecular complexity index is 816. The van der Waals surface area contributed by atoms with Gasteiger partial charge in [-0.25, -0.2) is 0 Å². The van der Waals surface area contributed by atoms with Crippen molar-refractivity contribution in [3.8, 4) is 0 Å². The average molecular weight is 367 g/mol.